The number of ether oxygens (including phenoxy) is 1. The largest absolute Gasteiger partial charge is 0.480 e. The third-order valence-electron chi connectivity index (χ3n) is 3.45. The molecule has 0 radical (unpaired) electrons. The lowest BCUT2D eigenvalue weighted by atomic mass is 10.1. The Labute approximate surface area is 131 Å². The van der Waals surface area contributed by atoms with Gasteiger partial charge in [-0.2, -0.15) is 0 Å². The minimum absolute atomic E-state index is 0.117. The molecular weight excluding hydrogens is 276 g/mol. The summed E-state index contributed by atoms with van der Waals surface area (Å²) in [6.45, 7) is 6.34. The summed E-state index contributed by atoms with van der Waals surface area (Å²) in [5, 5.41) is 2.88. The highest BCUT2D eigenvalue weighted by molar-refractivity contribution is 5.81. The highest BCUT2D eigenvalue weighted by atomic mass is 16.5. The molecule has 0 aliphatic rings. The second-order valence-electron chi connectivity index (χ2n) is 5.32. The maximum Gasteiger partial charge on any atom is 0.261 e. The number of pyridine rings is 1. The van der Waals surface area contributed by atoms with Crippen LogP contribution in [0.4, 0.5) is 0 Å². The average molecular weight is 298 g/mol. The van der Waals surface area contributed by atoms with E-state index in [4.69, 9.17) is 4.74 Å². The second kappa shape index (κ2) is 7.59. The topological polar surface area (TPSA) is 51.2 Å². The van der Waals surface area contributed by atoms with Gasteiger partial charge in [0.25, 0.3) is 5.91 Å². The molecule has 0 bridgehead atoms. The Balaban J connectivity index is 1.98. The van der Waals surface area contributed by atoms with E-state index in [1.165, 1.54) is 0 Å². The number of amides is 1. The Hall–Kier alpha value is -2.36. The summed E-state index contributed by atoms with van der Waals surface area (Å²) in [5.41, 5.74) is 2.98. The van der Waals surface area contributed by atoms with Crippen molar-refractivity contribution in [2.24, 2.45) is 0 Å². The number of benzene rings is 1. The van der Waals surface area contributed by atoms with Crippen molar-refractivity contribution in [3.63, 3.8) is 0 Å². The molecular formula is C18H22N2O2. The Kier molecular flexibility index (Phi) is 5.53. The lowest BCUT2D eigenvalue weighted by molar-refractivity contribution is -0.128. The van der Waals surface area contributed by atoms with Gasteiger partial charge in [-0.25, -0.2) is 0 Å². The van der Waals surface area contributed by atoms with Gasteiger partial charge in [-0.1, -0.05) is 25.1 Å². The molecule has 0 fully saturated rings. The third kappa shape index (κ3) is 4.32. The summed E-state index contributed by atoms with van der Waals surface area (Å²) < 4.78 is 5.89. The molecule has 0 aliphatic carbocycles. The first kappa shape index (κ1) is 16.0. The lowest BCUT2D eigenvalue weighted by Crippen LogP contribution is -2.37. The number of nitrogens with one attached hydrogen (secondary N) is 1. The van der Waals surface area contributed by atoms with Crippen LogP contribution >= 0.6 is 0 Å². The number of aryl methyl sites for hydroxylation is 2. The molecule has 0 aliphatic heterocycles. The number of aromatic nitrogens is 1. The molecule has 1 unspecified atom stereocenters. The van der Waals surface area contributed by atoms with Crippen molar-refractivity contribution in [3.05, 3.63) is 59.4 Å². The fourth-order valence-corrected chi connectivity index (χ4v) is 2.10. The van der Waals surface area contributed by atoms with Crippen molar-refractivity contribution in [2.45, 2.75) is 39.8 Å². The summed E-state index contributed by atoms with van der Waals surface area (Å²) >= 11 is 0. The lowest BCUT2D eigenvalue weighted by Gasteiger charge is -2.19. The number of hydrogen-bond acceptors (Lipinski definition) is 3. The van der Waals surface area contributed by atoms with Crippen molar-refractivity contribution >= 4 is 5.91 Å². The number of nitrogens with zero attached hydrogens (tertiary/aromatic N) is 1. The van der Waals surface area contributed by atoms with E-state index in [1.54, 1.807) is 6.20 Å². The zero-order chi connectivity index (χ0) is 15.9. The van der Waals surface area contributed by atoms with Gasteiger partial charge in [0.1, 0.15) is 5.75 Å². The van der Waals surface area contributed by atoms with Crippen LogP contribution < -0.4 is 10.1 Å². The molecule has 2 rings (SSSR count). The molecule has 1 heterocycles. The first-order valence-corrected chi connectivity index (χ1v) is 7.51. The van der Waals surface area contributed by atoms with Crippen LogP contribution in [0.2, 0.25) is 0 Å². The molecule has 116 valence electrons. The van der Waals surface area contributed by atoms with Crippen molar-refractivity contribution in [1.29, 1.82) is 0 Å². The Morgan fingerprint density at radius 1 is 1.27 bits per heavy atom. The van der Waals surface area contributed by atoms with Gasteiger partial charge in [0.05, 0.1) is 12.2 Å². The average Bonchev–Trinajstić information content (AvgIpc) is 2.54. The van der Waals surface area contributed by atoms with Gasteiger partial charge >= 0.3 is 0 Å². The summed E-state index contributed by atoms with van der Waals surface area (Å²) in [5.74, 6) is 0.647. The van der Waals surface area contributed by atoms with E-state index < -0.39 is 6.10 Å². The highest BCUT2D eigenvalue weighted by Gasteiger charge is 2.19. The first-order chi connectivity index (χ1) is 10.6. The van der Waals surface area contributed by atoms with Gasteiger partial charge < -0.3 is 10.1 Å². The fourth-order valence-electron chi connectivity index (χ4n) is 2.10. The summed E-state index contributed by atoms with van der Waals surface area (Å²) in [6, 6.07) is 11.6. The van der Waals surface area contributed by atoms with E-state index in [9.17, 15) is 4.79 Å². The maximum atomic E-state index is 12.3. The standard InChI is InChI=1S/C18H22N2O2/c1-4-16(22-17-11-13(2)8-9-14(17)3)18(21)20-12-15-7-5-6-10-19-15/h5-11,16H,4,12H2,1-3H3,(H,20,21). The number of carbonyl (C=O) groups is 1. The SMILES string of the molecule is CCC(Oc1cc(C)ccc1C)C(=O)NCc1ccccn1. The smallest absolute Gasteiger partial charge is 0.261 e. The summed E-state index contributed by atoms with van der Waals surface area (Å²) in [6.07, 6.45) is 1.83. The quantitative estimate of drug-likeness (QED) is 0.891. The van der Waals surface area contributed by atoms with Crippen LogP contribution in [0.1, 0.15) is 30.2 Å². The van der Waals surface area contributed by atoms with Crippen LogP contribution in [-0.4, -0.2) is 17.0 Å². The van der Waals surface area contributed by atoms with Crippen molar-refractivity contribution in [1.82, 2.24) is 10.3 Å². The van der Waals surface area contributed by atoms with Crippen LogP contribution in [0.25, 0.3) is 0 Å². The van der Waals surface area contributed by atoms with Gasteiger partial charge in [-0.15, -0.1) is 0 Å². The molecule has 4 nitrogen and oxygen atoms in total. The first-order valence-electron chi connectivity index (χ1n) is 7.51. The van der Waals surface area contributed by atoms with Gasteiger partial charge in [-0.3, -0.25) is 9.78 Å². The van der Waals surface area contributed by atoms with Crippen molar-refractivity contribution in [2.75, 3.05) is 0 Å². The molecule has 2 aromatic rings. The normalized spacial score (nSPS) is 11.8. The van der Waals surface area contributed by atoms with E-state index in [0.29, 0.717) is 13.0 Å². The monoisotopic (exact) mass is 298 g/mol. The van der Waals surface area contributed by atoms with Crippen molar-refractivity contribution in [3.8, 4) is 5.75 Å². The molecule has 0 saturated heterocycles. The molecule has 1 amide bonds. The number of carbonyl (C=O) groups excluding carboxylic acids is 1. The zero-order valence-corrected chi connectivity index (χ0v) is 13.3. The predicted molar refractivity (Wildman–Crippen MR) is 86.7 cm³/mol. The Morgan fingerprint density at radius 2 is 2.09 bits per heavy atom. The highest BCUT2D eigenvalue weighted by Crippen LogP contribution is 2.21. The predicted octanol–water partition coefficient (Wildman–Crippen LogP) is 3.17. The summed E-state index contributed by atoms with van der Waals surface area (Å²) in [7, 11) is 0. The van der Waals surface area contributed by atoms with Gasteiger partial charge in [0.15, 0.2) is 6.10 Å². The number of rotatable bonds is 6. The molecule has 0 saturated carbocycles. The maximum absolute atomic E-state index is 12.3. The van der Waals surface area contributed by atoms with E-state index >= 15 is 0 Å². The Morgan fingerprint density at radius 3 is 2.77 bits per heavy atom. The molecule has 0 spiro atoms. The Bertz CT molecular complexity index is 626. The van der Waals surface area contributed by atoms with Crippen LogP contribution in [-0.2, 0) is 11.3 Å². The molecule has 1 N–H and O–H groups in total. The molecule has 1 aromatic heterocycles. The fraction of sp³-hybridized carbons (Fsp3) is 0.333. The third-order valence-corrected chi connectivity index (χ3v) is 3.45. The number of hydrogen-bond donors (Lipinski definition) is 1. The van der Waals surface area contributed by atoms with E-state index in [-0.39, 0.29) is 5.91 Å². The van der Waals surface area contributed by atoms with Gasteiger partial charge in [0.2, 0.25) is 0 Å². The van der Waals surface area contributed by atoms with Gasteiger partial charge in [0, 0.05) is 6.20 Å². The van der Waals surface area contributed by atoms with E-state index in [2.05, 4.69) is 10.3 Å². The van der Waals surface area contributed by atoms with E-state index in [0.717, 1.165) is 22.6 Å². The van der Waals surface area contributed by atoms with Crippen LogP contribution in [0.15, 0.2) is 42.6 Å². The second-order valence-corrected chi connectivity index (χ2v) is 5.32. The zero-order valence-electron chi connectivity index (χ0n) is 13.3. The van der Waals surface area contributed by atoms with Crippen molar-refractivity contribution < 1.29 is 9.53 Å². The van der Waals surface area contributed by atoms with Gasteiger partial charge in [-0.05, 0) is 49.6 Å². The van der Waals surface area contributed by atoms with Crippen LogP contribution in [0.5, 0.6) is 5.75 Å². The van der Waals surface area contributed by atoms with Crippen LogP contribution in [0.3, 0.4) is 0 Å². The van der Waals surface area contributed by atoms with E-state index in [1.807, 2.05) is 57.2 Å². The molecule has 1 aromatic carbocycles. The minimum Gasteiger partial charge on any atom is -0.480 e. The molecule has 22 heavy (non-hydrogen) atoms. The minimum atomic E-state index is -0.496. The summed E-state index contributed by atoms with van der Waals surface area (Å²) in [4.78, 5) is 16.5. The molecule has 1 atom stereocenters. The molecule has 4 heteroatoms. The van der Waals surface area contributed by atoms with Crippen LogP contribution in [0, 0.1) is 13.8 Å².